The molecule has 2 atom stereocenters. The van der Waals surface area contributed by atoms with E-state index < -0.39 is 0 Å². The van der Waals surface area contributed by atoms with E-state index in [4.69, 9.17) is 4.74 Å². The Bertz CT molecular complexity index is 653. The molecule has 0 heterocycles. The third-order valence-corrected chi connectivity index (χ3v) is 3.94. The Morgan fingerprint density at radius 3 is 2.26 bits per heavy atom. The Balaban J connectivity index is 0.00000364. The fourth-order valence-electron chi connectivity index (χ4n) is 2.55. The molecule has 2 unspecified atom stereocenters. The molecular formula is C21H30IN3O2. The molecule has 0 aliphatic rings. The van der Waals surface area contributed by atoms with E-state index in [1.165, 1.54) is 0 Å². The molecular weight excluding hydrogens is 453 g/mol. The van der Waals surface area contributed by atoms with Gasteiger partial charge in [0.05, 0.1) is 19.7 Å². The molecule has 6 heteroatoms. The number of rotatable bonds is 9. The highest BCUT2D eigenvalue weighted by Crippen LogP contribution is 2.15. The molecule has 0 saturated heterocycles. The minimum atomic E-state index is -0.00958. The van der Waals surface area contributed by atoms with E-state index in [9.17, 15) is 5.11 Å². The zero-order chi connectivity index (χ0) is 18.6. The maximum Gasteiger partial charge on any atom is 0.191 e. The molecule has 2 rings (SSSR count). The SMILES string of the molecule is CCNC(=NCC(CO)c1ccccc1)NCC(C)Oc1ccccc1.I. The number of ether oxygens (including phenoxy) is 1. The van der Waals surface area contributed by atoms with Gasteiger partial charge in [-0.15, -0.1) is 24.0 Å². The third kappa shape index (κ3) is 8.62. The second-order valence-electron chi connectivity index (χ2n) is 6.13. The summed E-state index contributed by atoms with van der Waals surface area (Å²) < 4.78 is 5.87. The number of hydrogen-bond donors (Lipinski definition) is 3. The van der Waals surface area contributed by atoms with Crippen LogP contribution in [-0.2, 0) is 0 Å². The molecule has 0 spiro atoms. The third-order valence-electron chi connectivity index (χ3n) is 3.94. The van der Waals surface area contributed by atoms with Gasteiger partial charge in [0, 0.05) is 12.5 Å². The van der Waals surface area contributed by atoms with Crippen molar-refractivity contribution in [3.05, 3.63) is 66.2 Å². The van der Waals surface area contributed by atoms with E-state index in [1.54, 1.807) is 0 Å². The van der Waals surface area contributed by atoms with Crippen LogP contribution in [0.4, 0.5) is 0 Å². The first-order chi connectivity index (χ1) is 12.7. The monoisotopic (exact) mass is 483 g/mol. The molecule has 0 aliphatic carbocycles. The lowest BCUT2D eigenvalue weighted by atomic mass is 10.0. The summed E-state index contributed by atoms with van der Waals surface area (Å²) in [7, 11) is 0. The lowest BCUT2D eigenvalue weighted by Gasteiger charge is -2.18. The van der Waals surface area contributed by atoms with Crippen LogP contribution in [0.15, 0.2) is 65.7 Å². The number of hydrogen-bond acceptors (Lipinski definition) is 3. The molecule has 2 aromatic rings. The van der Waals surface area contributed by atoms with Gasteiger partial charge in [0.15, 0.2) is 5.96 Å². The number of benzene rings is 2. The summed E-state index contributed by atoms with van der Waals surface area (Å²) in [6.07, 6.45) is 0.00372. The summed E-state index contributed by atoms with van der Waals surface area (Å²) in [4.78, 5) is 4.62. The van der Waals surface area contributed by atoms with Gasteiger partial charge < -0.3 is 20.5 Å². The van der Waals surface area contributed by atoms with Crippen LogP contribution in [0.2, 0.25) is 0 Å². The number of aliphatic hydroxyl groups is 1. The van der Waals surface area contributed by atoms with Crippen LogP contribution in [0.5, 0.6) is 5.75 Å². The Hall–Kier alpha value is -1.80. The van der Waals surface area contributed by atoms with E-state index in [0.717, 1.165) is 23.8 Å². The average Bonchev–Trinajstić information content (AvgIpc) is 2.68. The molecule has 0 radical (unpaired) electrons. The van der Waals surface area contributed by atoms with Crippen molar-refractivity contribution in [3.8, 4) is 5.75 Å². The van der Waals surface area contributed by atoms with Crippen molar-refractivity contribution < 1.29 is 9.84 Å². The smallest absolute Gasteiger partial charge is 0.191 e. The lowest BCUT2D eigenvalue weighted by Crippen LogP contribution is -2.42. The van der Waals surface area contributed by atoms with E-state index in [0.29, 0.717) is 13.1 Å². The number of guanidine groups is 1. The van der Waals surface area contributed by atoms with Crippen molar-refractivity contribution in [1.29, 1.82) is 0 Å². The van der Waals surface area contributed by atoms with Gasteiger partial charge in [0.25, 0.3) is 0 Å². The van der Waals surface area contributed by atoms with E-state index in [2.05, 4.69) is 15.6 Å². The van der Waals surface area contributed by atoms with Crippen LogP contribution in [-0.4, -0.2) is 43.4 Å². The summed E-state index contributed by atoms with van der Waals surface area (Å²) >= 11 is 0. The van der Waals surface area contributed by atoms with Crippen LogP contribution in [0, 0.1) is 0 Å². The quantitative estimate of drug-likeness (QED) is 0.291. The van der Waals surface area contributed by atoms with Crippen molar-refractivity contribution in [2.75, 3.05) is 26.2 Å². The largest absolute Gasteiger partial charge is 0.489 e. The van der Waals surface area contributed by atoms with Gasteiger partial charge in [0.2, 0.25) is 0 Å². The molecule has 0 aliphatic heterocycles. The molecule has 2 aromatic carbocycles. The van der Waals surface area contributed by atoms with Gasteiger partial charge in [-0.1, -0.05) is 48.5 Å². The zero-order valence-electron chi connectivity index (χ0n) is 16.0. The minimum Gasteiger partial charge on any atom is -0.489 e. The van der Waals surface area contributed by atoms with Crippen molar-refractivity contribution in [2.45, 2.75) is 25.9 Å². The molecule has 3 N–H and O–H groups in total. The Kier molecular flexibility index (Phi) is 11.5. The molecule has 5 nitrogen and oxygen atoms in total. The number of aliphatic hydroxyl groups excluding tert-OH is 1. The summed E-state index contributed by atoms with van der Waals surface area (Å²) in [6, 6.07) is 19.7. The second-order valence-corrected chi connectivity index (χ2v) is 6.13. The predicted octanol–water partition coefficient (Wildman–Crippen LogP) is 3.40. The van der Waals surface area contributed by atoms with Crippen LogP contribution in [0.1, 0.15) is 25.3 Å². The number of nitrogens with one attached hydrogen (secondary N) is 2. The first-order valence-corrected chi connectivity index (χ1v) is 9.12. The number of aliphatic imine (C=N–C) groups is 1. The molecule has 148 valence electrons. The standard InChI is InChI=1S/C21H29N3O2.HI/c1-3-22-21(23-14-17(2)26-20-12-8-5-9-13-20)24-15-19(16-25)18-10-6-4-7-11-18;/h4-13,17,19,25H,3,14-16H2,1-2H3,(H2,22,23,24);1H. The van der Waals surface area contributed by atoms with Crippen LogP contribution in [0.25, 0.3) is 0 Å². The van der Waals surface area contributed by atoms with Crippen LogP contribution in [0.3, 0.4) is 0 Å². The van der Waals surface area contributed by atoms with E-state index >= 15 is 0 Å². The first-order valence-electron chi connectivity index (χ1n) is 9.12. The summed E-state index contributed by atoms with van der Waals surface area (Å²) in [5.41, 5.74) is 1.09. The Morgan fingerprint density at radius 2 is 1.67 bits per heavy atom. The van der Waals surface area contributed by atoms with Crippen molar-refractivity contribution in [3.63, 3.8) is 0 Å². The molecule has 0 bridgehead atoms. The minimum absolute atomic E-state index is 0. The molecule has 27 heavy (non-hydrogen) atoms. The van der Waals surface area contributed by atoms with Crippen molar-refractivity contribution in [1.82, 2.24) is 10.6 Å². The predicted molar refractivity (Wildman–Crippen MR) is 122 cm³/mol. The van der Waals surface area contributed by atoms with Gasteiger partial charge in [0.1, 0.15) is 11.9 Å². The van der Waals surface area contributed by atoms with Gasteiger partial charge in [-0.05, 0) is 31.5 Å². The highest BCUT2D eigenvalue weighted by molar-refractivity contribution is 14.0. The topological polar surface area (TPSA) is 65.9 Å². The number of para-hydroxylation sites is 1. The zero-order valence-corrected chi connectivity index (χ0v) is 18.3. The highest BCUT2D eigenvalue weighted by atomic mass is 127. The molecule has 0 aromatic heterocycles. The van der Waals surface area contributed by atoms with Gasteiger partial charge >= 0.3 is 0 Å². The summed E-state index contributed by atoms with van der Waals surface area (Å²) in [5.74, 6) is 1.57. The van der Waals surface area contributed by atoms with Gasteiger partial charge in [-0.25, -0.2) is 0 Å². The average molecular weight is 483 g/mol. The lowest BCUT2D eigenvalue weighted by molar-refractivity contribution is 0.223. The number of halogens is 1. The normalized spacial score (nSPS) is 13.2. The fourth-order valence-corrected chi connectivity index (χ4v) is 2.55. The maximum absolute atomic E-state index is 9.67. The maximum atomic E-state index is 9.67. The first kappa shape index (κ1) is 23.2. The highest BCUT2D eigenvalue weighted by Gasteiger charge is 2.10. The van der Waals surface area contributed by atoms with E-state index in [1.807, 2.05) is 74.5 Å². The number of nitrogens with zero attached hydrogens (tertiary/aromatic N) is 1. The summed E-state index contributed by atoms with van der Waals surface area (Å²) in [6.45, 7) is 6.04. The fraction of sp³-hybridized carbons (Fsp3) is 0.381. The van der Waals surface area contributed by atoms with Crippen molar-refractivity contribution in [2.24, 2.45) is 4.99 Å². The van der Waals surface area contributed by atoms with E-state index in [-0.39, 0.29) is 42.6 Å². The second kappa shape index (κ2) is 13.4. The Labute approximate surface area is 179 Å². The molecule has 0 saturated carbocycles. The van der Waals surface area contributed by atoms with Gasteiger partial charge in [-0.2, -0.15) is 0 Å². The summed E-state index contributed by atoms with van der Waals surface area (Å²) in [5, 5.41) is 16.2. The van der Waals surface area contributed by atoms with Crippen LogP contribution < -0.4 is 15.4 Å². The van der Waals surface area contributed by atoms with Gasteiger partial charge in [-0.3, -0.25) is 4.99 Å². The van der Waals surface area contributed by atoms with Crippen LogP contribution >= 0.6 is 24.0 Å². The molecule has 0 fully saturated rings. The Morgan fingerprint density at radius 1 is 1.04 bits per heavy atom. The molecule has 0 amide bonds. The van der Waals surface area contributed by atoms with Crippen molar-refractivity contribution >= 4 is 29.9 Å².